The van der Waals surface area contributed by atoms with Gasteiger partial charge in [0.1, 0.15) is 0 Å². The molecule has 1 heterocycles. The van der Waals surface area contributed by atoms with E-state index in [4.69, 9.17) is 10.2 Å². The zero-order chi connectivity index (χ0) is 11.6. The molecule has 0 radical (unpaired) electrons. The quantitative estimate of drug-likeness (QED) is 0.660. The Morgan fingerprint density at radius 3 is 1.75 bits per heavy atom. The molecule has 0 saturated heterocycles. The minimum atomic E-state index is 0.260. The van der Waals surface area contributed by atoms with Crippen LogP contribution in [0, 0.1) is 0 Å². The number of unbranched alkanes of at least 4 members (excludes halogenated alkanes) is 2. The predicted molar refractivity (Wildman–Crippen MR) is 64.3 cm³/mol. The first-order valence-electron chi connectivity index (χ1n) is 6.03. The van der Waals surface area contributed by atoms with Crippen LogP contribution in [0.15, 0.2) is 18.2 Å². The van der Waals surface area contributed by atoms with Crippen molar-refractivity contribution in [2.75, 3.05) is 13.2 Å². The second-order valence-corrected chi connectivity index (χ2v) is 3.98. The molecule has 0 aliphatic heterocycles. The second kappa shape index (κ2) is 8.25. The smallest absolute Gasteiger partial charge is 0.0431 e. The summed E-state index contributed by atoms with van der Waals surface area (Å²) in [5, 5.41) is 17.4. The van der Waals surface area contributed by atoms with Crippen LogP contribution in [0.1, 0.15) is 37.1 Å². The van der Waals surface area contributed by atoms with Crippen LogP contribution >= 0.6 is 0 Å². The summed E-state index contributed by atoms with van der Waals surface area (Å²) in [6, 6.07) is 6.11. The van der Waals surface area contributed by atoms with Crippen LogP contribution in [-0.4, -0.2) is 28.4 Å². The van der Waals surface area contributed by atoms with Gasteiger partial charge in [-0.05, 0) is 50.7 Å². The van der Waals surface area contributed by atoms with Crippen LogP contribution in [0.2, 0.25) is 0 Å². The maximum absolute atomic E-state index is 8.70. The molecule has 0 saturated carbocycles. The van der Waals surface area contributed by atoms with Gasteiger partial charge in [0.15, 0.2) is 0 Å². The molecule has 0 bridgehead atoms. The van der Waals surface area contributed by atoms with E-state index in [1.54, 1.807) is 0 Å². The Kier molecular flexibility index (Phi) is 6.77. The van der Waals surface area contributed by atoms with Crippen molar-refractivity contribution >= 4 is 0 Å². The molecule has 3 heteroatoms. The molecule has 1 rings (SSSR count). The molecule has 0 aliphatic carbocycles. The number of hydrogen-bond donors (Lipinski definition) is 2. The maximum Gasteiger partial charge on any atom is 0.0431 e. The first-order valence-corrected chi connectivity index (χ1v) is 6.03. The minimum Gasteiger partial charge on any atom is -0.396 e. The van der Waals surface area contributed by atoms with Crippen molar-refractivity contribution in [2.24, 2.45) is 0 Å². The Balaban J connectivity index is 2.37. The average Bonchev–Trinajstić information content (AvgIpc) is 2.30. The van der Waals surface area contributed by atoms with Gasteiger partial charge >= 0.3 is 0 Å². The number of aliphatic hydroxyl groups excluding tert-OH is 2. The first kappa shape index (κ1) is 13.1. The summed E-state index contributed by atoms with van der Waals surface area (Å²) in [5.41, 5.74) is 2.21. The van der Waals surface area contributed by atoms with Crippen molar-refractivity contribution in [1.82, 2.24) is 4.98 Å². The fourth-order valence-electron chi connectivity index (χ4n) is 1.64. The number of aryl methyl sites for hydroxylation is 2. The summed E-state index contributed by atoms with van der Waals surface area (Å²) < 4.78 is 0. The van der Waals surface area contributed by atoms with E-state index in [9.17, 15) is 0 Å². The van der Waals surface area contributed by atoms with Gasteiger partial charge in [0.25, 0.3) is 0 Å². The van der Waals surface area contributed by atoms with Crippen LogP contribution in [0.4, 0.5) is 0 Å². The number of hydrogen-bond acceptors (Lipinski definition) is 3. The molecule has 1 aromatic heterocycles. The number of aromatic nitrogens is 1. The Morgan fingerprint density at radius 1 is 0.812 bits per heavy atom. The molecule has 90 valence electrons. The van der Waals surface area contributed by atoms with E-state index in [0.717, 1.165) is 49.9 Å². The molecule has 1 aromatic rings. The van der Waals surface area contributed by atoms with E-state index in [1.165, 1.54) is 0 Å². The lowest BCUT2D eigenvalue weighted by molar-refractivity contribution is 0.284. The third-order valence-electron chi connectivity index (χ3n) is 2.55. The van der Waals surface area contributed by atoms with Crippen LogP contribution in [0.25, 0.3) is 0 Å². The van der Waals surface area contributed by atoms with Crippen molar-refractivity contribution < 1.29 is 10.2 Å². The first-order chi connectivity index (χ1) is 7.86. The average molecular weight is 223 g/mol. The molecule has 16 heavy (non-hydrogen) atoms. The number of pyridine rings is 1. The standard InChI is InChI=1S/C13H21NO2/c15-10-3-1-6-12-8-5-9-13(14-12)7-2-4-11-16/h5,8-9,15-16H,1-4,6-7,10-11H2. The van der Waals surface area contributed by atoms with Gasteiger partial charge in [-0.3, -0.25) is 4.98 Å². The maximum atomic E-state index is 8.70. The highest BCUT2D eigenvalue weighted by Gasteiger charge is 1.98. The summed E-state index contributed by atoms with van der Waals surface area (Å²) in [7, 11) is 0. The topological polar surface area (TPSA) is 53.4 Å². The lowest BCUT2D eigenvalue weighted by Crippen LogP contribution is -1.97. The Hall–Kier alpha value is -0.930. The van der Waals surface area contributed by atoms with E-state index >= 15 is 0 Å². The fourth-order valence-corrected chi connectivity index (χ4v) is 1.64. The van der Waals surface area contributed by atoms with Gasteiger partial charge in [-0.1, -0.05) is 6.07 Å². The largest absolute Gasteiger partial charge is 0.396 e. The van der Waals surface area contributed by atoms with E-state index in [0.29, 0.717) is 0 Å². The molecule has 0 unspecified atom stereocenters. The third-order valence-corrected chi connectivity index (χ3v) is 2.55. The predicted octanol–water partition coefficient (Wildman–Crippen LogP) is 1.71. The summed E-state index contributed by atoms with van der Waals surface area (Å²) in [6.45, 7) is 0.520. The molecule has 2 N–H and O–H groups in total. The fraction of sp³-hybridized carbons (Fsp3) is 0.615. The number of aliphatic hydroxyl groups is 2. The molecule has 0 fully saturated rings. The Morgan fingerprint density at radius 2 is 1.31 bits per heavy atom. The molecule has 0 aliphatic rings. The second-order valence-electron chi connectivity index (χ2n) is 3.98. The molecule has 0 atom stereocenters. The SMILES string of the molecule is OCCCCc1cccc(CCCCO)n1. The third kappa shape index (κ3) is 5.24. The van der Waals surface area contributed by atoms with E-state index in [2.05, 4.69) is 4.98 Å². The highest BCUT2D eigenvalue weighted by Crippen LogP contribution is 2.06. The summed E-state index contributed by atoms with van der Waals surface area (Å²) >= 11 is 0. The van der Waals surface area contributed by atoms with Gasteiger partial charge in [-0.2, -0.15) is 0 Å². The highest BCUT2D eigenvalue weighted by atomic mass is 16.3. The van der Waals surface area contributed by atoms with Gasteiger partial charge < -0.3 is 10.2 Å². The summed E-state index contributed by atoms with van der Waals surface area (Å²) in [6.07, 6.45) is 5.54. The van der Waals surface area contributed by atoms with Crippen molar-refractivity contribution in [1.29, 1.82) is 0 Å². The van der Waals surface area contributed by atoms with Crippen LogP contribution < -0.4 is 0 Å². The Labute approximate surface area is 97.2 Å². The lowest BCUT2D eigenvalue weighted by Gasteiger charge is -2.03. The van der Waals surface area contributed by atoms with Crippen molar-refractivity contribution in [3.05, 3.63) is 29.6 Å². The van der Waals surface area contributed by atoms with Gasteiger partial charge in [-0.15, -0.1) is 0 Å². The van der Waals surface area contributed by atoms with Gasteiger partial charge in [0.2, 0.25) is 0 Å². The number of rotatable bonds is 8. The Bertz CT molecular complexity index is 264. The molecule has 3 nitrogen and oxygen atoms in total. The van der Waals surface area contributed by atoms with Gasteiger partial charge in [0.05, 0.1) is 0 Å². The number of nitrogens with zero attached hydrogens (tertiary/aromatic N) is 1. The van der Waals surface area contributed by atoms with Gasteiger partial charge in [0, 0.05) is 24.6 Å². The lowest BCUT2D eigenvalue weighted by atomic mass is 10.1. The zero-order valence-electron chi connectivity index (χ0n) is 9.73. The van der Waals surface area contributed by atoms with Gasteiger partial charge in [-0.25, -0.2) is 0 Å². The van der Waals surface area contributed by atoms with Crippen LogP contribution in [0.5, 0.6) is 0 Å². The van der Waals surface area contributed by atoms with Crippen LogP contribution in [0.3, 0.4) is 0 Å². The molecule has 0 aromatic carbocycles. The van der Waals surface area contributed by atoms with E-state index in [-0.39, 0.29) is 13.2 Å². The monoisotopic (exact) mass is 223 g/mol. The van der Waals surface area contributed by atoms with Crippen molar-refractivity contribution in [2.45, 2.75) is 38.5 Å². The highest BCUT2D eigenvalue weighted by molar-refractivity contribution is 5.11. The van der Waals surface area contributed by atoms with E-state index in [1.807, 2.05) is 18.2 Å². The normalized spacial score (nSPS) is 10.6. The minimum absolute atomic E-state index is 0.260. The molecule has 0 spiro atoms. The summed E-state index contributed by atoms with van der Waals surface area (Å²) in [5.74, 6) is 0. The summed E-state index contributed by atoms with van der Waals surface area (Å²) in [4.78, 5) is 4.55. The zero-order valence-corrected chi connectivity index (χ0v) is 9.73. The van der Waals surface area contributed by atoms with Crippen molar-refractivity contribution in [3.8, 4) is 0 Å². The van der Waals surface area contributed by atoms with E-state index < -0.39 is 0 Å². The molecular formula is C13H21NO2. The molecule has 0 amide bonds. The van der Waals surface area contributed by atoms with Crippen molar-refractivity contribution in [3.63, 3.8) is 0 Å². The van der Waals surface area contributed by atoms with Crippen LogP contribution in [-0.2, 0) is 12.8 Å². The molecular weight excluding hydrogens is 202 g/mol.